The van der Waals surface area contributed by atoms with Gasteiger partial charge in [-0.25, -0.2) is 4.98 Å². The van der Waals surface area contributed by atoms with Crippen molar-refractivity contribution < 1.29 is 0 Å². The third kappa shape index (κ3) is 3.12. The topological polar surface area (TPSA) is 63.0 Å². The summed E-state index contributed by atoms with van der Waals surface area (Å²) in [5.41, 5.74) is 2.41. The maximum absolute atomic E-state index is 12.7. The first-order chi connectivity index (χ1) is 11.2. The molecule has 120 valence electrons. The standard InChI is InChI=1S/C17H20N4OS/c1-3-7-13-12(11-18-10-4-2)16(22)21(20-13)17-19-14-8-5-6-9-15(14)23-17/h5-6,8-9,11,20H,3-4,7,10H2,1-2H3. The summed E-state index contributed by atoms with van der Waals surface area (Å²) in [6.45, 7) is 4.90. The van der Waals surface area contributed by atoms with Gasteiger partial charge in [0, 0.05) is 18.5 Å². The van der Waals surface area contributed by atoms with Crippen molar-refractivity contribution >= 4 is 27.8 Å². The molecule has 0 unspecified atom stereocenters. The predicted octanol–water partition coefficient (Wildman–Crippen LogP) is 3.56. The smallest absolute Gasteiger partial charge is 0.282 e. The third-order valence-electron chi connectivity index (χ3n) is 3.55. The number of fused-ring (bicyclic) bond motifs is 1. The number of nitrogens with zero attached hydrogens (tertiary/aromatic N) is 3. The molecular weight excluding hydrogens is 308 g/mol. The molecule has 0 bridgehead atoms. The molecule has 0 saturated heterocycles. The van der Waals surface area contributed by atoms with Crippen LogP contribution >= 0.6 is 11.3 Å². The largest absolute Gasteiger partial charge is 0.292 e. The van der Waals surface area contributed by atoms with Crippen LogP contribution in [0.3, 0.4) is 0 Å². The molecule has 0 radical (unpaired) electrons. The molecule has 0 saturated carbocycles. The lowest BCUT2D eigenvalue weighted by Gasteiger charge is -1.95. The zero-order valence-electron chi connectivity index (χ0n) is 13.4. The number of rotatable bonds is 6. The number of para-hydroxylation sites is 1. The van der Waals surface area contributed by atoms with Crippen molar-refractivity contribution in [2.75, 3.05) is 6.54 Å². The predicted molar refractivity (Wildman–Crippen MR) is 96.3 cm³/mol. The van der Waals surface area contributed by atoms with Crippen LogP contribution in [0, 0.1) is 0 Å². The molecule has 2 heterocycles. The second-order valence-electron chi connectivity index (χ2n) is 5.39. The molecular formula is C17H20N4OS. The lowest BCUT2D eigenvalue weighted by atomic mass is 10.2. The molecule has 0 aliphatic rings. The van der Waals surface area contributed by atoms with Crippen LogP contribution in [0.1, 0.15) is 37.9 Å². The Morgan fingerprint density at radius 3 is 2.87 bits per heavy atom. The molecule has 0 spiro atoms. The van der Waals surface area contributed by atoms with E-state index >= 15 is 0 Å². The van der Waals surface area contributed by atoms with Crippen molar-refractivity contribution in [1.29, 1.82) is 0 Å². The minimum absolute atomic E-state index is 0.0765. The van der Waals surface area contributed by atoms with Crippen LogP contribution in [-0.2, 0) is 6.42 Å². The summed E-state index contributed by atoms with van der Waals surface area (Å²) in [6.07, 6.45) is 4.46. The van der Waals surface area contributed by atoms with Gasteiger partial charge in [0.25, 0.3) is 5.56 Å². The zero-order valence-corrected chi connectivity index (χ0v) is 14.2. The quantitative estimate of drug-likeness (QED) is 0.703. The molecule has 2 aromatic heterocycles. The first-order valence-electron chi connectivity index (χ1n) is 7.94. The molecule has 0 aliphatic carbocycles. The Bertz CT molecular complexity index is 855. The molecule has 5 nitrogen and oxygen atoms in total. The maximum atomic E-state index is 12.7. The number of thiazole rings is 1. The number of H-pyrrole nitrogens is 1. The first kappa shape index (κ1) is 15.7. The van der Waals surface area contributed by atoms with E-state index in [0.29, 0.717) is 10.7 Å². The molecule has 0 fully saturated rings. The Balaban J connectivity index is 2.08. The van der Waals surface area contributed by atoms with Crippen LogP contribution in [0.4, 0.5) is 0 Å². The van der Waals surface area contributed by atoms with E-state index in [0.717, 1.165) is 41.7 Å². The van der Waals surface area contributed by atoms with E-state index in [-0.39, 0.29) is 5.56 Å². The highest BCUT2D eigenvalue weighted by Gasteiger charge is 2.15. The average Bonchev–Trinajstić information content (AvgIpc) is 3.10. The summed E-state index contributed by atoms with van der Waals surface area (Å²) in [7, 11) is 0. The Kier molecular flexibility index (Phi) is 4.71. The van der Waals surface area contributed by atoms with Crippen molar-refractivity contribution in [1.82, 2.24) is 14.8 Å². The van der Waals surface area contributed by atoms with Gasteiger partial charge >= 0.3 is 0 Å². The SMILES string of the molecule is CCCN=Cc1c(CCC)[nH]n(-c2nc3ccccc3s2)c1=O. The summed E-state index contributed by atoms with van der Waals surface area (Å²) in [6, 6.07) is 7.91. The summed E-state index contributed by atoms with van der Waals surface area (Å²) in [4.78, 5) is 21.6. The van der Waals surface area contributed by atoms with Crippen LogP contribution in [0.15, 0.2) is 34.1 Å². The number of hydrogen-bond acceptors (Lipinski definition) is 4. The summed E-state index contributed by atoms with van der Waals surface area (Å²) in [5, 5.41) is 3.89. The van der Waals surface area contributed by atoms with Crippen molar-refractivity contribution in [2.24, 2.45) is 4.99 Å². The Morgan fingerprint density at radius 2 is 2.13 bits per heavy atom. The first-order valence-corrected chi connectivity index (χ1v) is 8.76. The highest BCUT2D eigenvalue weighted by Crippen LogP contribution is 2.23. The number of aromatic amines is 1. The number of aromatic nitrogens is 3. The van der Waals surface area contributed by atoms with Gasteiger partial charge in [-0.3, -0.25) is 14.9 Å². The van der Waals surface area contributed by atoms with E-state index in [1.165, 1.54) is 11.3 Å². The second kappa shape index (κ2) is 6.91. The van der Waals surface area contributed by atoms with Crippen LogP contribution in [-0.4, -0.2) is 27.5 Å². The zero-order chi connectivity index (χ0) is 16.2. The fourth-order valence-corrected chi connectivity index (χ4v) is 3.37. The minimum atomic E-state index is -0.0765. The van der Waals surface area contributed by atoms with Gasteiger partial charge in [-0.15, -0.1) is 0 Å². The fourth-order valence-electron chi connectivity index (χ4n) is 2.44. The normalized spacial score (nSPS) is 11.7. The molecule has 1 aromatic carbocycles. The molecule has 0 amide bonds. The second-order valence-corrected chi connectivity index (χ2v) is 6.40. The average molecular weight is 328 g/mol. The van der Waals surface area contributed by atoms with E-state index in [2.05, 4.69) is 28.9 Å². The number of aliphatic imine (C=N–C) groups is 1. The van der Waals surface area contributed by atoms with Crippen molar-refractivity contribution in [2.45, 2.75) is 33.1 Å². The van der Waals surface area contributed by atoms with Gasteiger partial charge in [-0.1, -0.05) is 43.7 Å². The maximum Gasteiger partial charge on any atom is 0.282 e. The molecule has 0 atom stereocenters. The molecule has 3 rings (SSSR count). The van der Waals surface area contributed by atoms with E-state index in [1.807, 2.05) is 24.3 Å². The van der Waals surface area contributed by atoms with Gasteiger partial charge in [0.2, 0.25) is 5.13 Å². The molecule has 23 heavy (non-hydrogen) atoms. The van der Waals surface area contributed by atoms with Gasteiger partial charge in [0.1, 0.15) is 0 Å². The van der Waals surface area contributed by atoms with E-state index < -0.39 is 0 Å². The third-order valence-corrected chi connectivity index (χ3v) is 4.57. The fraction of sp³-hybridized carbons (Fsp3) is 0.353. The van der Waals surface area contributed by atoms with Crippen molar-refractivity contribution in [3.63, 3.8) is 0 Å². The van der Waals surface area contributed by atoms with E-state index in [4.69, 9.17) is 0 Å². The minimum Gasteiger partial charge on any atom is -0.292 e. The van der Waals surface area contributed by atoms with Crippen LogP contribution < -0.4 is 5.56 Å². The molecule has 3 aromatic rings. The van der Waals surface area contributed by atoms with Crippen molar-refractivity contribution in [3.05, 3.63) is 45.9 Å². The van der Waals surface area contributed by atoms with Crippen LogP contribution in [0.2, 0.25) is 0 Å². The van der Waals surface area contributed by atoms with E-state index in [1.54, 1.807) is 10.9 Å². The van der Waals surface area contributed by atoms with Gasteiger partial charge in [-0.2, -0.15) is 4.68 Å². The number of aryl methyl sites for hydroxylation is 1. The Hall–Kier alpha value is -2.21. The Labute approximate surface area is 138 Å². The molecule has 0 aliphatic heterocycles. The monoisotopic (exact) mass is 328 g/mol. The van der Waals surface area contributed by atoms with Gasteiger partial charge in [-0.05, 0) is 25.0 Å². The van der Waals surface area contributed by atoms with E-state index in [9.17, 15) is 4.79 Å². The summed E-state index contributed by atoms with van der Waals surface area (Å²) >= 11 is 1.51. The molecule has 1 N–H and O–H groups in total. The number of nitrogens with one attached hydrogen (secondary N) is 1. The van der Waals surface area contributed by atoms with Gasteiger partial charge < -0.3 is 0 Å². The molecule has 6 heteroatoms. The highest BCUT2D eigenvalue weighted by atomic mass is 32.1. The van der Waals surface area contributed by atoms with Gasteiger partial charge in [0.05, 0.1) is 15.8 Å². The van der Waals surface area contributed by atoms with Crippen LogP contribution in [0.5, 0.6) is 0 Å². The Morgan fingerprint density at radius 1 is 1.30 bits per heavy atom. The number of benzene rings is 1. The highest BCUT2D eigenvalue weighted by molar-refractivity contribution is 7.20. The van der Waals surface area contributed by atoms with Crippen molar-refractivity contribution in [3.8, 4) is 5.13 Å². The van der Waals surface area contributed by atoms with Gasteiger partial charge in [0.15, 0.2) is 0 Å². The van der Waals surface area contributed by atoms with Crippen LogP contribution in [0.25, 0.3) is 15.3 Å². The lowest BCUT2D eigenvalue weighted by molar-refractivity contribution is 0.790. The lowest BCUT2D eigenvalue weighted by Crippen LogP contribution is -2.17. The summed E-state index contributed by atoms with van der Waals surface area (Å²) < 4.78 is 2.62. The number of hydrogen-bond donors (Lipinski definition) is 1. The summed E-state index contributed by atoms with van der Waals surface area (Å²) in [5.74, 6) is 0.